The fraction of sp³-hybridized carbons (Fsp3) is 0.500. The number of rotatable bonds is 5. The van der Waals surface area contributed by atoms with Gasteiger partial charge in [-0.15, -0.1) is 0 Å². The lowest BCUT2D eigenvalue weighted by molar-refractivity contribution is 0.0206. The Labute approximate surface area is 183 Å². The van der Waals surface area contributed by atoms with E-state index in [1.165, 1.54) is 12.1 Å². The van der Waals surface area contributed by atoms with Gasteiger partial charge in [0, 0.05) is 36.6 Å². The molecule has 1 aromatic heterocycles. The normalized spacial score (nSPS) is 15.3. The van der Waals surface area contributed by atoms with Crippen LogP contribution in [0.5, 0.6) is 0 Å². The van der Waals surface area contributed by atoms with Crippen LogP contribution < -0.4 is 4.90 Å². The highest BCUT2D eigenvalue weighted by Gasteiger charge is 2.31. The van der Waals surface area contributed by atoms with Gasteiger partial charge < -0.3 is 14.5 Å². The standard InChI is InChI=1S/C24H31F2N3O2/c1-5-17-10-13-27-16-21(17)29(19-8-6-18(7-9-19)22(25)26)20-11-14-28(15-12-20)23(30)31-24(2,3)4/h6-10,13,16,20,22H,5,11-12,14-15H2,1-4H3. The Hall–Kier alpha value is -2.70. The summed E-state index contributed by atoms with van der Waals surface area (Å²) in [6.07, 6.45) is 3.13. The van der Waals surface area contributed by atoms with Gasteiger partial charge in [-0.1, -0.05) is 19.1 Å². The second-order valence-corrected chi connectivity index (χ2v) is 8.82. The highest BCUT2D eigenvalue weighted by atomic mass is 19.3. The lowest BCUT2D eigenvalue weighted by Crippen LogP contribution is -2.47. The van der Waals surface area contributed by atoms with E-state index in [9.17, 15) is 13.6 Å². The van der Waals surface area contributed by atoms with Crippen molar-refractivity contribution in [1.29, 1.82) is 0 Å². The average Bonchev–Trinajstić information content (AvgIpc) is 2.74. The molecular weight excluding hydrogens is 400 g/mol. The maximum Gasteiger partial charge on any atom is 0.410 e. The Morgan fingerprint density at radius 2 is 1.84 bits per heavy atom. The van der Waals surface area contributed by atoms with Crippen molar-refractivity contribution in [3.8, 4) is 0 Å². The number of carbonyl (C=O) groups excluding carboxylic acids is 1. The fourth-order valence-electron chi connectivity index (χ4n) is 3.89. The molecule has 0 N–H and O–H groups in total. The number of piperidine rings is 1. The van der Waals surface area contributed by atoms with E-state index in [2.05, 4.69) is 16.8 Å². The number of ether oxygens (including phenoxy) is 1. The Balaban J connectivity index is 1.85. The first kappa shape index (κ1) is 23.0. The van der Waals surface area contributed by atoms with Gasteiger partial charge in [0.15, 0.2) is 0 Å². The topological polar surface area (TPSA) is 45.7 Å². The van der Waals surface area contributed by atoms with E-state index in [1.807, 2.05) is 33.0 Å². The second kappa shape index (κ2) is 9.62. The number of nitrogens with zero attached hydrogens (tertiary/aromatic N) is 3. The number of halogens is 2. The van der Waals surface area contributed by atoms with Crippen LogP contribution in [-0.2, 0) is 11.2 Å². The molecule has 168 valence electrons. The number of likely N-dealkylation sites (tertiary alicyclic amines) is 1. The van der Waals surface area contributed by atoms with Crippen molar-refractivity contribution in [2.24, 2.45) is 0 Å². The number of anilines is 2. The number of aryl methyl sites for hydroxylation is 1. The maximum atomic E-state index is 13.1. The van der Waals surface area contributed by atoms with E-state index >= 15 is 0 Å². The van der Waals surface area contributed by atoms with E-state index in [0.717, 1.165) is 36.2 Å². The van der Waals surface area contributed by atoms with Crippen molar-refractivity contribution in [3.63, 3.8) is 0 Å². The van der Waals surface area contributed by atoms with E-state index in [1.54, 1.807) is 23.2 Å². The molecule has 0 spiro atoms. The highest BCUT2D eigenvalue weighted by molar-refractivity contribution is 5.69. The molecule has 1 aliphatic heterocycles. The Bertz CT molecular complexity index is 873. The molecule has 1 saturated heterocycles. The number of benzene rings is 1. The van der Waals surface area contributed by atoms with Gasteiger partial charge in [-0.3, -0.25) is 4.98 Å². The quantitative estimate of drug-likeness (QED) is 0.572. The van der Waals surface area contributed by atoms with Crippen molar-refractivity contribution < 1.29 is 18.3 Å². The molecule has 0 unspecified atom stereocenters. The van der Waals surface area contributed by atoms with Crippen molar-refractivity contribution in [2.45, 2.75) is 65.0 Å². The van der Waals surface area contributed by atoms with E-state index < -0.39 is 12.0 Å². The molecule has 5 nitrogen and oxygen atoms in total. The summed E-state index contributed by atoms with van der Waals surface area (Å²) in [5.74, 6) is 0. The van der Waals surface area contributed by atoms with Crippen LogP contribution in [0.15, 0.2) is 42.7 Å². The fourth-order valence-corrected chi connectivity index (χ4v) is 3.89. The van der Waals surface area contributed by atoms with Crippen LogP contribution in [0.1, 0.15) is 58.1 Å². The molecule has 2 aromatic rings. The van der Waals surface area contributed by atoms with Gasteiger partial charge in [0.05, 0.1) is 11.9 Å². The summed E-state index contributed by atoms with van der Waals surface area (Å²) in [6.45, 7) is 8.81. The number of hydrogen-bond acceptors (Lipinski definition) is 4. The molecule has 7 heteroatoms. The summed E-state index contributed by atoms with van der Waals surface area (Å²) in [5, 5.41) is 0. The minimum Gasteiger partial charge on any atom is -0.444 e. The Kier molecular flexibility index (Phi) is 7.13. The number of aromatic nitrogens is 1. The highest BCUT2D eigenvalue weighted by Crippen LogP contribution is 2.35. The van der Waals surface area contributed by atoms with Crippen molar-refractivity contribution in [2.75, 3.05) is 18.0 Å². The van der Waals surface area contributed by atoms with Crippen LogP contribution in [0.3, 0.4) is 0 Å². The monoisotopic (exact) mass is 431 g/mol. The summed E-state index contributed by atoms with van der Waals surface area (Å²) in [7, 11) is 0. The van der Waals surface area contributed by atoms with Crippen LogP contribution in [0, 0.1) is 0 Å². The predicted molar refractivity (Wildman–Crippen MR) is 118 cm³/mol. The summed E-state index contributed by atoms with van der Waals surface area (Å²) in [4.78, 5) is 20.7. The van der Waals surface area contributed by atoms with Crippen molar-refractivity contribution in [1.82, 2.24) is 9.88 Å². The largest absolute Gasteiger partial charge is 0.444 e. The molecule has 0 saturated carbocycles. The molecule has 0 aliphatic carbocycles. The van der Waals surface area contributed by atoms with Gasteiger partial charge >= 0.3 is 6.09 Å². The molecule has 0 radical (unpaired) electrons. The molecule has 31 heavy (non-hydrogen) atoms. The molecule has 0 atom stereocenters. The number of pyridine rings is 1. The minimum atomic E-state index is -2.50. The summed E-state index contributed by atoms with van der Waals surface area (Å²) < 4.78 is 31.6. The van der Waals surface area contributed by atoms with Crippen LogP contribution in [-0.4, -0.2) is 40.7 Å². The summed E-state index contributed by atoms with van der Waals surface area (Å²) >= 11 is 0. The molecule has 0 bridgehead atoms. The SMILES string of the molecule is CCc1ccncc1N(c1ccc(C(F)F)cc1)C1CCN(C(=O)OC(C)(C)C)CC1. The molecule has 1 fully saturated rings. The predicted octanol–water partition coefficient (Wildman–Crippen LogP) is 6.12. The zero-order chi connectivity index (χ0) is 22.6. The Morgan fingerprint density at radius 3 is 2.39 bits per heavy atom. The van der Waals surface area contributed by atoms with Gasteiger partial charge in [-0.2, -0.15) is 0 Å². The van der Waals surface area contributed by atoms with E-state index in [-0.39, 0.29) is 17.7 Å². The van der Waals surface area contributed by atoms with Crippen molar-refractivity contribution >= 4 is 17.5 Å². The lowest BCUT2D eigenvalue weighted by atomic mass is 10.00. The zero-order valence-corrected chi connectivity index (χ0v) is 18.6. The number of carbonyl (C=O) groups is 1. The van der Waals surface area contributed by atoms with E-state index in [4.69, 9.17) is 4.74 Å². The first-order valence-corrected chi connectivity index (χ1v) is 10.8. The van der Waals surface area contributed by atoms with Crippen LogP contribution in [0.4, 0.5) is 25.0 Å². The lowest BCUT2D eigenvalue weighted by Gasteiger charge is -2.40. The third kappa shape index (κ3) is 5.71. The van der Waals surface area contributed by atoms with Gasteiger partial charge in [0.2, 0.25) is 0 Å². The third-order valence-electron chi connectivity index (χ3n) is 5.43. The Morgan fingerprint density at radius 1 is 1.19 bits per heavy atom. The first-order chi connectivity index (χ1) is 14.7. The molecule has 3 rings (SSSR count). The number of alkyl halides is 2. The van der Waals surface area contributed by atoms with Crippen LogP contribution in [0.2, 0.25) is 0 Å². The smallest absolute Gasteiger partial charge is 0.410 e. The second-order valence-electron chi connectivity index (χ2n) is 8.82. The molecule has 1 aromatic carbocycles. The van der Waals surface area contributed by atoms with Crippen molar-refractivity contribution in [3.05, 3.63) is 53.9 Å². The number of hydrogen-bond donors (Lipinski definition) is 0. The summed E-state index contributed by atoms with van der Waals surface area (Å²) in [5.41, 5.74) is 2.44. The minimum absolute atomic E-state index is 0.00495. The maximum absolute atomic E-state index is 13.1. The average molecular weight is 432 g/mol. The zero-order valence-electron chi connectivity index (χ0n) is 18.6. The summed E-state index contributed by atoms with van der Waals surface area (Å²) in [6, 6.07) is 8.55. The molecular formula is C24H31F2N3O2. The van der Waals surface area contributed by atoms with Gasteiger partial charge in [0.1, 0.15) is 5.60 Å². The first-order valence-electron chi connectivity index (χ1n) is 10.8. The number of amides is 1. The third-order valence-corrected chi connectivity index (χ3v) is 5.43. The molecule has 1 amide bonds. The van der Waals surface area contributed by atoms with E-state index in [0.29, 0.717) is 13.1 Å². The van der Waals surface area contributed by atoms with Gasteiger partial charge in [-0.25, -0.2) is 13.6 Å². The molecule has 1 aliphatic rings. The molecule has 2 heterocycles. The van der Waals surface area contributed by atoms with Crippen LogP contribution in [0.25, 0.3) is 0 Å². The van der Waals surface area contributed by atoms with Gasteiger partial charge in [0.25, 0.3) is 6.43 Å². The van der Waals surface area contributed by atoms with Gasteiger partial charge in [-0.05, 0) is 63.8 Å². The van der Waals surface area contributed by atoms with Crippen LogP contribution >= 0.6 is 0 Å².